The summed E-state index contributed by atoms with van der Waals surface area (Å²) in [5.74, 6) is -0.632. The van der Waals surface area contributed by atoms with E-state index in [-0.39, 0.29) is 17.9 Å². The standard InChI is InChI=1S/C16H17BrN2O3/c1-2-22-15(20)12-13(9-6-7-9)18-16(21)19-14(12)10-4-3-5-11(17)8-10/h3-5,8-9,12,14H,2,6-7H2,1H3,(H,19,21). The molecule has 3 rings (SSSR count). The minimum Gasteiger partial charge on any atom is -0.465 e. The van der Waals surface area contributed by atoms with E-state index in [2.05, 4.69) is 26.2 Å². The van der Waals surface area contributed by atoms with Gasteiger partial charge >= 0.3 is 12.0 Å². The number of rotatable bonds is 4. The Balaban J connectivity index is 2.00. The second-order valence-corrected chi connectivity index (χ2v) is 6.44. The Morgan fingerprint density at radius 2 is 2.23 bits per heavy atom. The number of nitrogens with one attached hydrogen (secondary N) is 1. The van der Waals surface area contributed by atoms with Crippen LogP contribution in [0.15, 0.2) is 33.7 Å². The zero-order valence-corrected chi connectivity index (χ0v) is 13.8. The number of ether oxygens (including phenoxy) is 1. The Labute approximate surface area is 137 Å². The lowest BCUT2D eigenvalue weighted by Gasteiger charge is -2.31. The monoisotopic (exact) mass is 364 g/mol. The van der Waals surface area contributed by atoms with Crippen LogP contribution in [0.3, 0.4) is 0 Å². The molecule has 2 atom stereocenters. The van der Waals surface area contributed by atoms with E-state index >= 15 is 0 Å². The molecule has 0 saturated heterocycles. The number of aliphatic imine (C=N–C) groups is 1. The maximum atomic E-state index is 12.4. The van der Waals surface area contributed by atoms with E-state index in [1.54, 1.807) is 6.92 Å². The first kappa shape index (κ1) is 15.2. The number of benzene rings is 1. The van der Waals surface area contributed by atoms with Gasteiger partial charge in [-0.2, -0.15) is 0 Å². The number of hydrogen-bond donors (Lipinski definition) is 1. The average Bonchev–Trinajstić information content (AvgIpc) is 3.31. The van der Waals surface area contributed by atoms with Crippen molar-refractivity contribution >= 4 is 33.6 Å². The van der Waals surface area contributed by atoms with Gasteiger partial charge in [-0.3, -0.25) is 4.79 Å². The van der Waals surface area contributed by atoms with Gasteiger partial charge in [0.15, 0.2) is 0 Å². The zero-order chi connectivity index (χ0) is 15.7. The Hall–Kier alpha value is -1.69. The zero-order valence-electron chi connectivity index (χ0n) is 12.2. The Bertz CT molecular complexity index is 640. The van der Waals surface area contributed by atoms with Crippen LogP contribution in [0.2, 0.25) is 0 Å². The first-order chi connectivity index (χ1) is 10.6. The SMILES string of the molecule is CCOC(=O)C1C(C2CC2)=NC(=O)NC1c1cccc(Br)c1. The minimum absolute atomic E-state index is 0.232. The summed E-state index contributed by atoms with van der Waals surface area (Å²) in [7, 11) is 0. The molecule has 1 aromatic carbocycles. The molecule has 1 aliphatic heterocycles. The molecular formula is C16H17BrN2O3. The summed E-state index contributed by atoms with van der Waals surface area (Å²) >= 11 is 3.43. The lowest BCUT2D eigenvalue weighted by Crippen LogP contribution is -2.45. The van der Waals surface area contributed by atoms with Crippen LogP contribution in [0.5, 0.6) is 0 Å². The number of nitrogens with zero attached hydrogens (tertiary/aromatic N) is 1. The van der Waals surface area contributed by atoms with Crippen LogP contribution in [0.4, 0.5) is 4.79 Å². The van der Waals surface area contributed by atoms with Gasteiger partial charge in [0, 0.05) is 10.2 Å². The summed E-state index contributed by atoms with van der Waals surface area (Å²) in [6, 6.07) is 6.79. The number of halogens is 1. The molecule has 1 aliphatic carbocycles. The van der Waals surface area contributed by atoms with E-state index < -0.39 is 12.0 Å². The molecule has 6 heteroatoms. The molecule has 0 spiro atoms. The Morgan fingerprint density at radius 1 is 1.45 bits per heavy atom. The maximum Gasteiger partial charge on any atom is 0.341 e. The molecule has 1 aromatic rings. The van der Waals surface area contributed by atoms with Crippen molar-refractivity contribution in [3.05, 3.63) is 34.3 Å². The fourth-order valence-corrected chi connectivity index (χ4v) is 3.21. The number of esters is 1. The van der Waals surface area contributed by atoms with Crippen LogP contribution in [-0.4, -0.2) is 24.3 Å². The van der Waals surface area contributed by atoms with Gasteiger partial charge in [-0.05, 0) is 43.4 Å². The molecule has 0 aromatic heterocycles. The van der Waals surface area contributed by atoms with Crippen LogP contribution in [0.1, 0.15) is 31.4 Å². The molecule has 1 fully saturated rings. The normalized spacial score (nSPS) is 24.5. The predicted octanol–water partition coefficient (Wildman–Crippen LogP) is 3.24. The van der Waals surface area contributed by atoms with Gasteiger partial charge in [0.2, 0.25) is 0 Å². The molecule has 5 nitrogen and oxygen atoms in total. The first-order valence-corrected chi connectivity index (χ1v) is 8.20. The lowest BCUT2D eigenvalue weighted by atomic mass is 9.85. The van der Waals surface area contributed by atoms with Crippen molar-refractivity contribution in [3.8, 4) is 0 Å². The van der Waals surface area contributed by atoms with Gasteiger partial charge in [0.1, 0.15) is 5.92 Å². The van der Waals surface area contributed by atoms with Gasteiger partial charge in [-0.25, -0.2) is 9.79 Å². The van der Waals surface area contributed by atoms with Gasteiger partial charge < -0.3 is 10.1 Å². The molecule has 1 saturated carbocycles. The Morgan fingerprint density at radius 3 is 2.86 bits per heavy atom. The molecule has 2 unspecified atom stereocenters. The van der Waals surface area contributed by atoms with Crippen LogP contribution in [0, 0.1) is 11.8 Å². The third kappa shape index (κ3) is 3.06. The van der Waals surface area contributed by atoms with Gasteiger partial charge in [-0.1, -0.05) is 28.1 Å². The fraction of sp³-hybridized carbons (Fsp3) is 0.438. The number of hydrogen-bond acceptors (Lipinski definition) is 3. The van der Waals surface area contributed by atoms with Crippen molar-refractivity contribution in [2.45, 2.75) is 25.8 Å². The van der Waals surface area contributed by atoms with Gasteiger partial charge in [0.25, 0.3) is 0 Å². The molecule has 1 N–H and O–H groups in total. The van der Waals surface area contributed by atoms with Crippen molar-refractivity contribution in [1.82, 2.24) is 5.32 Å². The van der Waals surface area contributed by atoms with Gasteiger partial charge in [0.05, 0.1) is 12.6 Å². The summed E-state index contributed by atoms with van der Waals surface area (Å²) in [5.41, 5.74) is 1.54. The largest absolute Gasteiger partial charge is 0.465 e. The summed E-state index contributed by atoms with van der Waals surface area (Å²) in [5, 5.41) is 2.81. The first-order valence-electron chi connectivity index (χ1n) is 7.41. The van der Waals surface area contributed by atoms with E-state index in [1.165, 1.54) is 0 Å². The highest BCUT2D eigenvalue weighted by Gasteiger charge is 2.45. The average molecular weight is 365 g/mol. The third-order valence-electron chi connectivity index (χ3n) is 3.91. The highest BCUT2D eigenvalue weighted by atomic mass is 79.9. The number of carbonyl (C=O) groups excluding carboxylic acids is 2. The second kappa shape index (κ2) is 6.20. The van der Waals surface area contributed by atoms with Crippen LogP contribution in [-0.2, 0) is 9.53 Å². The molecule has 2 amide bonds. The molecule has 1 heterocycles. The van der Waals surface area contributed by atoms with Crippen molar-refractivity contribution in [3.63, 3.8) is 0 Å². The van der Waals surface area contributed by atoms with Crippen molar-refractivity contribution in [2.24, 2.45) is 16.8 Å². The minimum atomic E-state index is -0.542. The van der Waals surface area contributed by atoms with Crippen LogP contribution in [0.25, 0.3) is 0 Å². The summed E-state index contributed by atoms with van der Waals surface area (Å²) < 4.78 is 6.12. The lowest BCUT2D eigenvalue weighted by molar-refractivity contribution is -0.146. The summed E-state index contributed by atoms with van der Waals surface area (Å²) in [6.07, 6.45) is 1.96. The van der Waals surface area contributed by atoms with Crippen molar-refractivity contribution in [1.29, 1.82) is 0 Å². The third-order valence-corrected chi connectivity index (χ3v) is 4.40. The molecule has 0 bridgehead atoms. The number of amides is 2. The van der Waals surface area contributed by atoms with Crippen LogP contribution < -0.4 is 5.32 Å². The summed E-state index contributed by atoms with van der Waals surface area (Å²) in [6.45, 7) is 2.09. The van der Waals surface area contributed by atoms with E-state index in [0.717, 1.165) is 22.9 Å². The van der Waals surface area contributed by atoms with E-state index in [4.69, 9.17) is 4.74 Å². The molecule has 0 radical (unpaired) electrons. The number of urea groups is 1. The molecule has 22 heavy (non-hydrogen) atoms. The molecule has 2 aliphatic rings. The van der Waals surface area contributed by atoms with E-state index in [0.29, 0.717) is 12.3 Å². The Kier molecular flexibility index (Phi) is 4.29. The topological polar surface area (TPSA) is 67.8 Å². The smallest absolute Gasteiger partial charge is 0.341 e. The van der Waals surface area contributed by atoms with Crippen LogP contribution >= 0.6 is 15.9 Å². The molecular weight excluding hydrogens is 348 g/mol. The highest BCUT2D eigenvalue weighted by Crippen LogP contribution is 2.40. The molecule has 116 valence electrons. The van der Waals surface area contributed by atoms with E-state index in [1.807, 2.05) is 24.3 Å². The van der Waals surface area contributed by atoms with E-state index in [9.17, 15) is 9.59 Å². The second-order valence-electron chi connectivity index (χ2n) is 5.52. The number of carbonyl (C=O) groups is 2. The highest BCUT2D eigenvalue weighted by molar-refractivity contribution is 9.10. The maximum absolute atomic E-state index is 12.4. The summed E-state index contributed by atoms with van der Waals surface area (Å²) in [4.78, 5) is 28.5. The predicted molar refractivity (Wildman–Crippen MR) is 85.7 cm³/mol. The van der Waals surface area contributed by atoms with Crippen molar-refractivity contribution in [2.75, 3.05) is 6.61 Å². The quantitative estimate of drug-likeness (QED) is 0.833. The fourth-order valence-electron chi connectivity index (χ4n) is 2.80. The van der Waals surface area contributed by atoms with Crippen molar-refractivity contribution < 1.29 is 14.3 Å². The van der Waals surface area contributed by atoms with Gasteiger partial charge in [-0.15, -0.1) is 0 Å².